The lowest BCUT2D eigenvalue weighted by atomic mass is 10.1. The molecule has 19 heavy (non-hydrogen) atoms. The predicted octanol–water partition coefficient (Wildman–Crippen LogP) is -0.450. The molecule has 0 radical (unpaired) electrons. The lowest BCUT2D eigenvalue weighted by Crippen LogP contribution is -2.29. The molecule has 8 heteroatoms. The average Bonchev–Trinajstić information content (AvgIpc) is 2.71. The van der Waals surface area contributed by atoms with Gasteiger partial charge >= 0.3 is 11.1 Å². The molecule has 98 valence electrons. The number of nitrogens with two attached hydrogens (primary N) is 1. The van der Waals surface area contributed by atoms with Crippen molar-refractivity contribution in [2.75, 3.05) is 0 Å². The zero-order valence-electron chi connectivity index (χ0n) is 9.73. The summed E-state index contributed by atoms with van der Waals surface area (Å²) in [5.74, 6) is 0. The molecule has 1 unspecified atom stereocenters. The molecule has 8 nitrogen and oxygen atoms in total. The monoisotopic (exact) mass is 262 g/mol. The van der Waals surface area contributed by atoms with Gasteiger partial charge in [0.05, 0.1) is 16.0 Å². The number of H-pyrrole nitrogens is 2. The van der Waals surface area contributed by atoms with Crippen molar-refractivity contribution in [3.63, 3.8) is 0 Å². The Morgan fingerprint density at radius 2 is 1.84 bits per heavy atom. The van der Waals surface area contributed by atoms with E-state index in [1.807, 2.05) is 0 Å². The van der Waals surface area contributed by atoms with Crippen molar-refractivity contribution in [3.8, 4) is 0 Å². The van der Waals surface area contributed by atoms with Crippen LogP contribution in [0.4, 0.5) is 5.69 Å². The maximum Gasteiger partial charge on any atom is 0.314 e. The molecule has 2 aromatic rings. The Bertz CT molecular complexity index is 820. The molecule has 1 heterocycles. The van der Waals surface area contributed by atoms with E-state index >= 15 is 0 Å². The van der Waals surface area contributed by atoms with E-state index in [1.165, 1.54) is 6.07 Å². The van der Waals surface area contributed by atoms with Gasteiger partial charge in [0.15, 0.2) is 0 Å². The number of nitrogens with zero attached hydrogens (tertiary/aromatic N) is 1. The standard InChI is InChI=1S/C11H10N4O4/c12-4-1-5-6(2-4)9-7(3-8(5)15(18)19)13-10(16)11(17)14-9/h3-4H,1-2,12H2,(H,13,16)(H,14,17). The normalized spacial score (nSPS) is 17.6. The highest BCUT2D eigenvalue weighted by Gasteiger charge is 2.29. The van der Waals surface area contributed by atoms with Gasteiger partial charge in [-0.05, 0) is 18.4 Å². The fourth-order valence-electron chi connectivity index (χ4n) is 2.57. The van der Waals surface area contributed by atoms with Crippen LogP contribution in [-0.2, 0) is 12.8 Å². The van der Waals surface area contributed by atoms with Gasteiger partial charge in [0.2, 0.25) is 0 Å². The topological polar surface area (TPSA) is 135 Å². The second-order valence-corrected chi connectivity index (χ2v) is 4.61. The second-order valence-electron chi connectivity index (χ2n) is 4.61. The first-order chi connectivity index (χ1) is 8.97. The van der Waals surface area contributed by atoms with Crippen molar-refractivity contribution >= 4 is 16.7 Å². The molecular formula is C11H10N4O4. The van der Waals surface area contributed by atoms with E-state index in [9.17, 15) is 19.7 Å². The Labute approximate surface area is 105 Å². The number of aromatic nitrogens is 2. The molecule has 3 rings (SSSR count). The third kappa shape index (κ3) is 1.65. The first-order valence-corrected chi connectivity index (χ1v) is 5.68. The Morgan fingerprint density at radius 1 is 1.21 bits per heavy atom. The van der Waals surface area contributed by atoms with Gasteiger partial charge in [0, 0.05) is 17.7 Å². The summed E-state index contributed by atoms with van der Waals surface area (Å²) in [5.41, 5.74) is 6.01. The number of rotatable bonds is 1. The molecule has 0 spiro atoms. The summed E-state index contributed by atoms with van der Waals surface area (Å²) < 4.78 is 0. The molecule has 1 atom stereocenters. The van der Waals surface area contributed by atoms with E-state index in [2.05, 4.69) is 9.97 Å². The van der Waals surface area contributed by atoms with Crippen LogP contribution in [0.15, 0.2) is 15.7 Å². The summed E-state index contributed by atoms with van der Waals surface area (Å²) in [6, 6.07) is 1.05. The Balaban J connectivity index is 2.47. The van der Waals surface area contributed by atoms with Gasteiger partial charge in [0.25, 0.3) is 5.69 Å². The minimum Gasteiger partial charge on any atom is -0.327 e. The summed E-state index contributed by atoms with van der Waals surface area (Å²) >= 11 is 0. The van der Waals surface area contributed by atoms with Crippen LogP contribution in [-0.4, -0.2) is 20.9 Å². The van der Waals surface area contributed by atoms with Crippen LogP contribution in [0.2, 0.25) is 0 Å². The highest BCUT2D eigenvalue weighted by molar-refractivity contribution is 5.83. The van der Waals surface area contributed by atoms with E-state index in [4.69, 9.17) is 5.73 Å². The summed E-state index contributed by atoms with van der Waals surface area (Å²) in [5, 5.41) is 11.1. The molecule has 0 aliphatic heterocycles. The van der Waals surface area contributed by atoms with Crippen LogP contribution in [0.25, 0.3) is 11.0 Å². The summed E-state index contributed by atoms with van der Waals surface area (Å²) in [7, 11) is 0. The van der Waals surface area contributed by atoms with Gasteiger partial charge in [-0.2, -0.15) is 0 Å². The maximum absolute atomic E-state index is 11.4. The molecule has 0 saturated carbocycles. The number of hydrogen-bond acceptors (Lipinski definition) is 5. The van der Waals surface area contributed by atoms with Gasteiger partial charge in [0.1, 0.15) is 0 Å². The van der Waals surface area contributed by atoms with Crippen LogP contribution in [0, 0.1) is 10.1 Å². The number of benzene rings is 1. The van der Waals surface area contributed by atoms with E-state index < -0.39 is 16.0 Å². The first kappa shape index (κ1) is 11.6. The number of fused-ring (bicyclic) bond motifs is 3. The quantitative estimate of drug-likeness (QED) is 0.363. The lowest BCUT2D eigenvalue weighted by molar-refractivity contribution is -0.385. The summed E-state index contributed by atoms with van der Waals surface area (Å²) in [4.78, 5) is 38.0. The smallest absolute Gasteiger partial charge is 0.314 e. The van der Waals surface area contributed by atoms with Crippen molar-refractivity contribution in [2.45, 2.75) is 18.9 Å². The van der Waals surface area contributed by atoms with Crippen molar-refractivity contribution in [3.05, 3.63) is 48.0 Å². The number of nitrogens with one attached hydrogen (secondary N) is 2. The fraction of sp³-hybridized carbons (Fsp3) is 0.273. The molecule has 0 bridgehead atoms. The third-order valence-corrected chi connectivity index (χ3v) is 3.35. The SMILES string of the molecule is NC1Cc2c([N+](=O)[O-])cc3[nH]c(=O)c(=O)[nH]c3c2C1. The summed E-state index contributed by atoms with van der Waals surface area (Å²) in [6.45, 7) is 0. The molecule has 1 aromatic heterocycles. The van der Waals surface area contributed by atoms with Crippen molar-refractivity contribution in [1.29, 1.82) is 0 Å². The molecule has 0 saturated heterocycles. The lowest BCUT2D eigenvalue weighted by Gasteiger charge is -2.05. The molecule has 1 aliphatic rings. The van der Waals surface area contributed by atoms with E-state index in [-0.39, 0.29) is 17.2 Å². The highest BCUT2D eigenvalue weighted by atomic mass is 16.6. The number of aromatic amines is 2. The Kier molecular flexibility index (Phi) is 2.29. The first-order valence-electron chi connectivity index (χ1n) is 5.68. The minimum absolute atomic E-state index is 0.0712. The number of nitro groups is 1. The van der Waals surface area contributed by atoms with Gasteiger partial charge in [-0.1, -0.05) is 0 Å². The molecule has 0 fully saturated rings. The molecule has 1 aromatic carbocycles. The zero-order chi connectivity index (χ0) is 13.7. The Morgan fingerprint density at radius 3 is 2.53 bits per heavy atom. The largest absolute Gasteiger partial charge is 0.327 e. The van der Waals surface area contributed by atoms with E-state index in [0.717, 1.165) is 0 Å². The van der Waals surface area contributed by atoms with Crippen molar-refractivity contribution < 1.29 is 4.92 Å². The van der Waals surface area contributed by atoms with Crippen molar-refractivity contribution in [1.82, 2.24) is 9.97 Å². The van der Waals surface area contributed by atoms with Crippen LogP contribution in [0.5, 0.6) is 0 Å². The van der Waals surface area contributed by atoms with Crippen LogP contribution in [0.3, 0.4) is 0 Å². The number of hydrogen-bond donors (Lipinski definition) is 3. The van der Waals surface area contributed by atoms with Gasteiger partial charge < -0.3 is 15.7 Å². The van der Waals surface area contributed by atoms with Gasteiger partial charge in [-0.15, -0.1) is 0 Å². The zero-order valence-corrected chi connectivity index (χ0v) is 9.73. The minimum atomic E-state index is -0.830. The van der Waals surface area contributed by atoms with Crippen LogP contribution < -0.4 is 16.9 Å². The fourth-order valence-corrected chi connectivity index (χ4v) is 2.57. The molecule has 1 aliphatic carbocycles. The molecule has 0 amide bonds. The number of nitro benzene ring substituents is 1. The van der Waals surface area contributed by atoms with E-state index in [0.29, 0.717) is 29.5 Å². The predicted molar refractivity (Wildman–Crippen MR) is 67.2 cm³/mol. The second kappa shape index (κ2) is 3.75. The van der Waals surface area contributed by atoms with Gasteiger partial charge in [-0.25, -0.2) is 0 Å². The van der Waals surface area contributed by atoms with Crippen LogP contribution >= 0.6 is 0 Å². The molecule has 4 N–H and O–H groups in total. The Hall–Kier alpha value is -2.48. The molecular weight excluding hydrogens is 252 g/mol. The maximum atomic E-state index is 11.4. The van der Waals surface area contributed by atoms with E-state index in [1.54, 1.807) is 0 Å². The van der Waals surface area contributed by atoms with Crippen LogP contribution in [0.1, 0.15) is 11.1 Å². The summed E-state index contributed by atoms with van der Waals surface area (Å²) in [6.07, 6.45) is 0.832. The highest BCUT2D eigenvalue weighted by Crippen LogP contribution is 2.34. The van der Waals surface area contributed by atoms with Crippen molar-refractivity contribution in [2.24, 2.45) is 5.73 Å². The van der Waals surface area contributed by atoms with Gasteiger partial charge in [-0.3, -0.25) is 19.7 Å². The third-order valence-electron chi connectivity index (χ3n) is 3.35. The average molecular weight is 262 g/mol.